The van der Waals surface area contributed by atoms with Crippen molar-refractivity contribution in [3.05, 3.63) is 65.2 Å². The van der Waals surface area contributed by atoms with Crippen LogP contribution in [0.25, 0.3) is 0 Å². The average Bonchev–Trinajstić information content (AvgIpc) is 3.22. The molecule has 0 spiro atoms. The molecular weight excluding hydrogens is 446 g/mol. The first-order valence-corrected chi connectivity index (χ1v) is 10.9. The van der Waals surface area contributed by atoms with Gasteiger partial charge in [0.15, 0.2) is 5.78 Å². The van der Waals surface area contributed by atoms with Crippen molar-refractivity contribution in [1.29, 1.82) is 0 Å². The Morgan fingerprint density at radius 2 is 1.79 bits per heavy atom. The van der Waals surface area contributed by atoms with Crippen LogP contribution in [0.1, 0.15) is 23.1 Å². The van der Waals surface area contributed by atoms with Crippen LogP contribution in [0.5, 0.6) is 0 Å². The van der Waals surface area contributed by atoms with E-state index in [-0.39, 0.29) is 13.2 Å². The molecule has 2 aromatic carbocycles. The third-order valence-electron chi connectivity index (χ3n) is 4.61. The molecule has 10 nitrogen and oxygen atoms in total. The number of ketones is 1. The molecule has 1 heterocycles. The molecule has 1 aromatic heterocycles. The van der Waals surface area contributed by atoms with Crippen LogP contribution in [0.15, 0.2) is 58.6 Å². The number of hydrogen-bond donors (Lipinski definition) is 2. The van der Waals surface area contributed by atoms with E-state index in [4.69, 9.17) is 9.84 Å². The molecule has 1 amide bonds. The van der Waals surface area contributed by atoms with Crippen LogP contribution in [-0.4, -0.2) is 49.2 Å². The van der Waals surface area contributed by atoms with E-state index in [1.807, 2.05) is 38.1 Å². The fourth-order valence-corrected chi connectivity index (χ4v) is 3.82. The van der Waals surface area contributed by atoms with Gasteiger partial charge in [0.05, 0.1) is 6.42 Å². The van der Waals surface area contributed by atoms with Gasteiger partial charge in [-0.1, -0.05) is 48.5 Å². The number of rotatable bonds is 10. The zero-order chi connectivity index (χ0) is 23.8. The predicted octanol–water partition coefficient (Wildman–Crippen LogP) is 2.78. The van der Waals surface area contributed by atoms with Gasteiger partial charge in [-0.3, -0.25) is 9.59 Å². The van der Waals surface area contributed by atoms with E-state index >= 15 is 0 Å². The summed E-state index contributed by atoms with van der Waals surface area (Å²) in [6.45, 7) is 3.59. The minimum absolute atomic E-state index is 0.00973. The van der Waals surface area contributed by atoms with Crippen LogP contribution in [0, 0.1) is 13.8 Å². The molecule has 0 radical (unpaired) electrons. The van der Waals surface area contributed by atoms with Crippen LogP contribution >= 0.6 is 11.8 Å². The van der Waals surface area contributed by atoms with Gasteiger partial charge in [0, 0.05) is 4.90 Å². The Balaban J connectivity index is 1.60. The molecule has 1 atom stereocenters. The number of alkyl carbamates (subject to hydrolysis) is 1. The van der Waals surface area contributed by atoms with Crippen molar-refractivity contribution in [2.75, 3.05) is 0 Å². The molecule has 3 aromatic rings. The topological polar surface area (TPSA) is 136 Å². The van der Waals surface area contributed by atoms with E-state index in [1.54, 1.807) is 24.3 Å². The van der Waals surface area contributed by atoms with Crippen LogP contribution in [0.3, 0.4) is 0 Å². The maximum absolute atomic E-state index is 12.7. The number of Topliss-reactive ketones (excluding diaryl/α,β-unsaturated/α-hetero) is 1. The second-order valence-corrected chi connectivity index (χ2v) is 8.23. The molecule has 172 valence electrons. The summed E-state index contributed by atoms with van der Waals surface area (Å²) in [5.74, 6) is -1.83. The summed E-state index contributed by atoms with van der Waals surface area (Å²) in [4.78, 5) is 38.0. The number of carboxylic acid groups (broad SMARTS) is 1. The highest BCUT2D eigenvalue weighted by Crippen LogP contribution is 2.30. The van der Waals surface area contributed by atoms with E-state index in [0.29, 0.717) is 5.16 Å². The first kappa shape index (κ1) is 23.9. The van der Waals surface area contributed by atoms with E-state index in [0.717, 1.165) is 26.4 Å². The summed E-state index contributed by atoms with van der Waals surface area (Å²) in [5.41, 5.74) is 2.88. The van der Waals surface area contributed by atoms with E-state index in [1.165, 1.54) is 11.8 Å². The Labute approximate surface area is 194 Å². The fourth-order valence-electron chi connectivity index (χ4n) is 2.96. The Bertz CT molecular complexity index is 1110. The van der Waals surface area contributed by atoms with Gasteiger partial charge in [0.2, 0.25) is 5.16 Å². The lowest BCUT2D eigenvalue weighted by atomic mass is 10.1. The lowest BCUT2D eigenvalue weighted by Gasteiger charge is -2.15. The fraction of sp³-hybridized carbons (Fsp3) is 0.273. The molecule has 33 heavy (non-hydrogen) atoms. The zero-order valence-corrected chi connectivity index (χ0v) is 18.9. The third kappa shape index (κ3) is 7.14. The second kappa shape index (κ2) is 11.2. The molecular formula is C22H23N5O5S. The molecule has 0 fully saturated rings. The number of carboxylic acids is 1. The van der Waals surface area contributed by atoms with Crippen molar-refractivity contribution < 1.29 is 24.2 Å². The Morgan fingerprint density at radius 1 is 1.09 bits per heavy atom. The number of nitrogens with one attached hydrogen (secondary N) is 1. The van der Waals surface area contributed by atoms with Crippen LogP contribution < -0.4 is 5.32 Å². The van der Waals surface area contributed by atoms with Crippen LogP contribution in [-0.2, 0) is 27.5 Å². The maximum Gasteiger partial charge on any atom is 0.408 e. The summed E-state index contributed by atoms with van der Waals surface area (Å²) in [7, 11) is 0. The minimum atomic E-state index is -1.30. The number of carbonyl (C=O) groups excluding carboxylic acids is 2. The third-order valence-corrected chi connectivity index (χ3v) is 5.80. The Hall–Kier alpha value is -3.73. The van der Waals surface area contributed by atoms with Gasteiger partial charge in [-0.25, -0.2) is 4.79 Å². The number of benzene rings is 2. The van der Waals surface area contributed by atoms with Crippen molar-refractivity contribution >= 4 is 29.6 Å². The largest absolute Gasteiger partial charge is 0.481 e. The number of nitrogens with zero attached hydrogens (tertiary/aromatic N) is 4. The van der Waals surface area contributed by atoms with Gasteiger partial charge in [-0.05, 0) is 47.5 Å². The molecule has 11 heteroatoms. The van der Waals surface area contributed by atoms with Gasteiger partial charge in [-0.15, -0.1) is 10.2 Å². The van der Waals surface area contributed by atoms with Gasteiger partial charge in [0.1, 0.15) is 19.2 Å². The quantitative estimate of drug-likeness (QED) is 0.459. The second-order valence-electron chi connectivity index (χ2n) is 7.25. The van der Waals surface area contributed by atoms with E-state index in [2.05, 4.69) is 20.7 Å². The monoisotopic (exact) mass is 469 g/mol. The normalized spacial score (nSPS) is 11.6. The number of tetrazole rings is 1. The van der Waals surface area contributed by atoms with Crippen LogP contribution in [0.2, 0.25) is 0 Å². The van der Waals surface area contributed by atoms with E-state index in [9.17, 15) is 14.4 Å². The highest BCUT2D eigenvalue weighted by Gasteiger charge is 2.25. The molecule has 2 N–H and O–H groups in total. The lowest BCUT2D eigenvalue weighted by Crippen LogP contribution is -2.44. The molecule has 3 rings (SSSR count). The summed E-state index contributed by atoms with van der Waals surface area (Å²) in [5, 5.41) is 23.8. The van der Waals surface area contributed by atoms with Crippen molar-refractivity contribution in [3.8, 4) is 0 Å². The van der Waals surface area contributed by atoms with Crippen molar-refractivity contribution in [3.63, 3.8) is 0 Å². The first-order chi connectivity index (χ1) is 15.8. The van der Waals surface area contributed by atoms with Gasteiger partial charge >= 0.3 is 12.1 Å². The van der Waals surface area contributed by atoms with Gasteiger partial charge in [-0.2, -0.15) is 4.80 Å². The molecule has 0 aliphatic carbocycles. The van der Waals surface area contributed by atoms with Crippen LogP contribution in [0.4, 0.5) is 4.79 Å². The number of aliphatic carboxylic acids is 1. The summed E-state index contributed by atoms with van der Waals surface area (Å²) < 4.78 is 5.08. The number of ether oxygens (including phenoxy) is 1. The summed E-state index contributed by atoms with van der Waals surface area (Å²) in [6.07, 6.45) is -1.49. The zero-order valence-electron chi connectivity index (χ0n) is 18.1. The number of aryl methyl sites for hydroxylation is 2. The maximum atomic E-state index is 12.7. The molecule has 0 saturated heterocycles. The molecule has 0 bridgehead atoms. The number of amides is 1. The van der Waals surface area contributed by atoms with E-state index < -0.39 is 30.3 Å². The minimum Gasteiger partial charge on any atom is -0.481 e. The highest BCUT2D eigenvalue weighted by atomic mass is 32.2. The molecule has 1 unspecified atom stereocenters. The SMILES string of the molecule is Cc1cccc(C)c1Sc1nnn(CC(=O)C(CC(=O)O)NC(=O)OCc2ccccc2)n1. The number of hydrogen-bond acceptors (Lipinski definition) is 8. The highest BCUT2D eigenvalue weighted by molar-refractivity contribution is 7.99. The average molecular weight is 470 g/mol. The van der Waals surface area contributed by atoms with Crippen molar-refractivity contribution in [2.24, 2.45) is 0 Å². The Kier molecular flexibility index (Phi) is 8.14. The molecule has 0 aliphatic heterocycles. The molecule has 0 aliphatic rings. The molecule has 0 saturated carbocycles. The first-order valence-electron chi connectivity index (χ1n) is 10.1. The number of aromatic nitrogens is 4. The standard InChI is InChI=1S/C22H23N5O5S/c1-14-7-6-8-15(2)20(14)33-21-24-26-27(25-21)12-18(28)17(11-19(29)30)23-22(31)32-13-16-9-4-3-5-10-16/h3-10,17H,11-13H2,1-2H3,(H,23,31)(H,29,30). The Morgan fingerprint density at radius 3 is 2.45 bits per heavy atom. The van der Waals surface area contributed by atoms with Gasteiger partial charge in [0.25, 0.3) is 0 Å². The smallest absolute Gasteiger partial charge is 0.408 e. The number of carbonyl (C=O) groups is 3. The summed E-state index contributed by atoms with van der Waals surface area (Å²) in [6, 6.07) is 13.6. The van der Waals surface area contributed by atoms with Gasteiger partial charge < -0.3 is 15.2 Å². The summed E-state index contributed by atoms with van der Waals surface area (Å²) >= 11 is 1.32. The predicted molar refractivity (Wildman–Crippen MR) is 119 cm³/mol. The lowest BCUT2D eigenvalue weighted by molar-refractivity contribution is -0.139. The van der Waals surface area contributed by atoms with Crippen molar-refractivity contribution in [2.45, 2.75) is 49.5 Å². The van der Waals surface area contributed by atoms with Crippen molar-refractivity contribution in [1.82, 2.24) is 25.5 Å².